The van der Waals surface area contributed by atoms with Crippen molar-refractivity contribution in [3.05, 3.63) is 29.3 Å². The molecule has 1 aliphatic heterocycles. The van der Waals surface area contributed by atoms with Gasteiger partial charge >= 0.3 is 0 Å². The number of rotatable bonds is 10. The quantitative estimate of drug-likeness (QED) is 0.521. The molecule has 0 spiro atoms. The summed E-state index contributed by atoms with van der Waals surface area (Å²) in [7, 11) is 0. The smallest absolute Gasteiger partial charge is 0.207 e. The van der Waals surface area contributed by atoms with Gasteiger partial charge in [0.2, 0.25) is 6.41 Å². The summed E-state index contributed by atoms with van der Waals surface area (Å²) >= 11 is 0. The summed E-state index contributed by atoms with van der Waals surface area (Å²) in [5, 5.41) is 2.75. The van der Waals surface area contributed by atoms with Gasteiger partial charge in [0, 0.05) is 49.9 Å². The molecule has 1 atom stereocenters. The third kappa shape index (κ3) is 4.33. The molecule has 2 rings (SSSR count). The number of ether oxygens (including phenoxy) is 2. The Bertz CT molecular complexity index is 568. The van der Waals surface area contributed by atoms with E-state index in [-0.39, 0.29) is 11.7 Å². The van der Waals surface area contributed by atoms with Crippen LogP contribution in [0.2, 0.25) is 0 Å². The molecular formula is C20H32N2O3. The molecule has 5 nitrogen and oxygen atoms in total. The third-order valence-electron chi connectivity index (χ3n) is 5.28. The molecule has 1 amide bonds. The molecule has 1 unspecified atom stereocenters. The molecule has 0 aliphatic carbocycles. The first-order chi connectivity index (χ1) is 12.0. The van der Waals surface area contributed by atoms with Crippen LogP contribution in [-0.2, 0) is 26.2 Å². The zero-order chi connectivity index (χ0) is 18.4. The van der Waals surface area contributed by atoms with Crippen LogP contribution in [0.1, 0.15) is 52.2 Å². The lowest BCUT2D eigenvalue weighted by atomic mass is 9.81. The van der Waals surface area contributed by atoms with Crippen LogP contribution in [-0.4, -0.2) is 38.5 Å². The van der Waals surface area contributed by atoms with Gasteiger partial charge in [-0.3, -0.25) is 4.79 Å². The monoisotopic (exact) mass is 348 g/mol. The minimum absolute atomic E-state index is 0.0548. The number of nitrogens with one attached hydrogen (secondary N) is 1. The van der Waals surface area contributed by atoms with Crippen LogP contribution in [0.25, 0.3) is 0 Å². The second-order valence-corrected chi connectivity index (χ2v) is 7.07. The summed E-state index contributed by atoms with van der Waals surface area (Å²) in [6, 6.07) is 6.89. The van der Waals surface area contributed by atoms with E-state index in [1.807, 2.05) is 13.8 Å². The molecule has 0 saturated heterocycles. The Kier molecular flexibility index (Phi) is 6.85. The molecule has 0 fully saturated rings. The molecule has 0 aromatic heterocycles. The first kappa shape index (κ1) is 19.7. The van der Waals surface area contributed by atoms with E-state index in [1.165, 1.54) is 11.3 Å². The molecule has 1 N–H and O–H groups in total. The van der Waals surface area contributed by atoms with E-state index in [0.717, 1.165) is 24.9 Å². The highest BCUT2D eigenvalue weighted by Gasteiger charge is 2.41. The minimum atomic E-state index is -0.148. The Morgan fingerprint density at radius 1 is 1.28 bits per heavy atom. The van der Waals surface area contributed by atoms with Crippen molar-refractivity contribution in [1.29, 1.82) is 0 Å². The Morgan fingerprint density at radius 2 is 1.96 bits per heavy atom. The van der Waals surface area contributed by atoms with E-state index >= 15 is 0 Å². The molecule has 1 aliphatic rings. The number of anilines is 1. The lowest BCUT2D eigenvalue weighted by Crippen LogP contribution is -2.40. The topological polar surface area (TPSA) is 50.8 Å². The zero-order valence-corrected chi connectivity index (χ0v) is 16.2. The predicted octanol–water partition coefficient (Wildman–Crippen LogP) is 3.21. The molecular weight excluding hydrogens is 316 g/mol. The normalized spacial score (nSPS) is 18.5. The van der Waals surface area contributed by atoms with Gasteiger partial charge in [-0.1, -0.05) is 26.0 Å². The van der Waals surface area contributed by atoms with Crippen molar-refractivity contribution in [3.63, 3.8) is 0 Å². The number of hydrogen-bond acceptors (Lipinski definition) is 4. The Balaban J connectivity index is 2.17. The van der Waals surface area contributed by atoms with Crippen molar-refractivity contribution in [2.45, 2.75) is 65.3 Å². The SMILES string of the molecule is CCOC(CCN1c2ccc(CNC=O)cc2C(C)(C)C1C)OCC. The fourth-order valence-corrected chi connectivity index (χ4v) is 3.59. The number of benzene rings is 1. The average Bonchev–Trinajstić information content (AvgIpc) is 2.78. The summed E-state index contributed by atoms with van der Waals surface area (Å²) in [6.45, 7) is 13.6. The highest BCUT2D eigenvalue weighted by atomic mass is 16.7. The van der Waals surface area contributed by atoms with Gasteiger partial charge < -0.3 is 19.7 Å². The highest BCUT2D eigenvalue weighted by Crippen LogP contribution is 2.45. The summed E-state index contributed by atoms with van der Waals surface area (Å²) in [4.78, 5) is 13.0. The van der Waals surface area contributed by atoms with E-state index in [9.17, 15) is 4.79 Å². The molecule has 0 bridgehead atoms. The van der Waals surface area contributed by atoms with Gasteiger partial charge in [0.25, 0.3) is 0 Å². The van der Waals surface area contributed by atoms with E-state index in [0.29, 0.717) is 25.8 Å². The van der Waals surface area contributed by atoms with Gasteiger partial charge in [-0.15, -0.1) is 0 Å². The van der Waals surface area contributed by atoms with E-state index in [4.69, 9.17) is 9.47 Å². The number of amides is 1. The van der Waals surface area contributed by atoms with Crippen LogP contribution in [0.15, 0.2) is 18.2 Å². The summed E-state index contributed by atoms with van der Waals surface area (Å²) in [5.74, 6) is 0. The third-order valence-corrected chi connectivity index (χ3v) is 5.28. The van der Waals surface area contributed by atoms with Crippen molar-refractivity contribution >= 4 is 12.1 Å². The molecule has 1 heterocycles. The second-order valence-electron chi connectivity index (χ2n) is 7.07. The van der Waals surface area contributed by atoms with Gasteiger partial charge in [-0.05, 0) is 38.0 Å². The molecule has 140 valence electrons. The van der Waals surface area contributed by atoms with Crippen molar-refractivity contribution in [2.24, 2.45) is 0 Å². The molecule has 5 heteroatoms. The fraction of sp³-hybridized carbons (Fsp3) is 0.650. The van der Waals surface area contributed by atoms with Crippen LogP contribution in [0.3, 0.4) is 0 Å². The van der Waals surface area contributed by atoms with E-state index < -0.39 is 0 Å². The van der Waals surface area contributed by atoms with Crippen LogP contribution < -0.4 is 10.2 Å². The van der Waals surface area contributed by atoms with Gasteiger partial charge in [0.15, 0.2) is 6.29 Å². The number of hydrogen-bond donors (Lipinski definition) is 1. The molecule has 25 heavy (non-hydrogen) atoms. The van der Waals surface area contributed by atoms with E-state index in [2.05, 4.69) is 49.2 Å². The van der Waals surface area contributed by atoms with Gasteiger partial charge in [-0.25, -0.2) is 0 Å². The maximum atomic E-state index is 10.6. The first-order valence-electron chi connectivity index (χ1n) is 9.25. The standard InChI is InChI=1S/C20H32N2O3/c1-6-24-19(25-7-2)10-11-22-15(3)20(4,5)17-12-16(13-21-14-23)8-9-18(17)22/h8-9,12,14-15,19H,6-7,10-11,13H2,1-5H3,(H,21,23). The molecule has 0 saturated carbocycles. The molecule has 1 aromatic carbocycles. The van der Waals surface area contributed by atoms with Gasteiger partial charge in [0.1, 0.15) is 0 Å². The van der Waals surface area contributed by atoms with Crippen LogP contribution in [0.5, 0.6) is 0 Å². The fourth-order valence-electron chi connectivity index (χ4n) is 3.59. The van der Waals surface area contributed by atoms with E-state index in [1.54, 1.807) is 0 Å². The number of fused-ring (bicyclic) bond motifs is 1. The van der Waals surface area contributed by atoms with Crippen molar-refractivity contribution in [2.75, 3.05) is 24.7 Å². The second kappa shape index (κ2) is 8.68. The van der Waals surface area contributed by atoms with Crippen LogP contribution in [0.4, 0.5) is 5.69 Å². The van der Waals surface area contributed by atoms with Crippen molar-refractivity contribution < 1.29 is 14.3 Å². The summed E-state index contributed by atoms with van der Waals surface area (Å²) in [5.41, 5.74) is 3.81. The van der Waals surface area contributed by atoms with Gasteiger partial charge in [0.05, 0.1) is 0 Å². The van der Waals surface area contributed by atoms with Crippen molar-refractivity contribution in [3.8, 4) is 0 Å². The average molecular weight is 348 g/mol. The van der Waals surface area contributed by atoms with Crippen LogP contribution >= 0.6 is 0 Å². The summed E-state index contributed by atoms with van der Waals surface area (Å²) in [6.07, 6.45) is 1.44. The number of carbonyl (C=O) groups is 1. The lowest BCUT2D eigenvalue weighted by Gasteiger charge is -2.32. The van der Waals surface area contributed by atoms with Crippen LogP contribution in [0, 0.1) is 0 Å². The number of nitrogens with zero attached hydrogens (tertiary/aromatic N) is 1. The maximum Gasteiger partial charge on any atom is 0.207 e. The first-order valence-corrected chi connectivity index (χ1v) is 9.25. The van der Waals surface area contributed by atoms with Gasteiger partial charge in [-0.2, -0.15) is 0 Å². The summed E-state index contributed by atoms with van der Waals surface area (Å²) < 4.78 is 11.4. The minimum Gasteiger partial charge on any atom is -0.368 e. The Labute approximate surface area is 151 Å². The maximum absolute atomic E-state index is 10.6. The molecule has 0 radical (unpaired) electrons. The zero-order valence-electron chi connectivity index (χ0n) is 16.2. The Morgan fingerprint density at radius 3 is 2.56 bits per heavy atom. The predicted molar refractivity (Wildman–Crippen MR) is 101 cm³/mol. The lowest BCUT2D eigenvalue weighted by molar-refractivity contribution is -0.138. The molecule has 1 aromatic rings. The highest BCUT2D eigenvalue weighted by molar-refractivity contribution is 5.65. The Hall–Kier alpha value is -1.59. The number of carbonyl (C=O) groups excluding carboxylic acids is 1. The van der Waals surface area contributed by atoms with Crippen molar-refractivity contribution in [1.82, 2.24) is 5.32 Å². The largest absolute Gasteiger partial charge is 0.368 e.